The molecule has 0 bridgehead atoms. The largest absolute Gasteiger partial charge is 0.353 e. The van der Waals surface area contributed by atoms with E-state index in [1.54, 1.807) is 0 Å². The lowest BCUT2D eigenvalue weighted by Gasteiger charge is -2.36. The van der Waals surface area contributed by atoms with Crippen molar-refractivity contribution in [1.82, 2.24) is 14.9 Å². The summed E-state index contributed by atoms with van der Waals surface area (Å²) in [5.74, 6) is 2.18. The van der Waals surface area contributed by atoms with Gasteiger partial charge in [0.1, 0.15) is 11.6 Å². The normalized spacial score (nSPS) is 14.8. The fourth-order valence-corrected chi connectivity index (χ4v) is 3.62. The number of aromatic nitrogens is 2. The van der Waals surface area contributed by atoms with Crippen LogP contribution in [-0.4, -0.2) is 47.0 Å². The number of carbonyl (C=O) groups is 1. The molecule has 2 rings (SSSR count). The maximum atomic E-state index is 12.4. The number of hydrogen-bond donors (Lipinski definition) is 0. The van der Waals surface area contributed by atoms with E-state index < -0.39 is 0 Å². The number of piperazine rings is 1. The monoisotopic (exact) mass is 360 g/mol. The van der Waals surface area contributed by atoms with Gasteiger partial charge in [0, 0.05) is 43.9 Å². The van der Waals surface area contributed by atoms with E-state index in [-0.39, 0.29) is 0 Å². The first-order chi connectivity index (χ1) is 12.5. The second-order valence-electron chi connectivity index (χ2n) is 7.54. The van der Waals surface area contributed by atoms with Crippen molar-refractivity contribution in [3.8, 4) is 0 Å². The van der Waals surface area contributed by atoms with E-state index in [2.05, 4.69) is 28.7 Å². The first-order valence-corrected chi connectivity index (χ1v) is 10.4. The number of aryl methyl sites for hydroxylation is 2. The predicted molar refractivity (Wildman–Crippen MR) is 108 cm³/mol. The third-order valence-corrected chi connectivity index (χ3v) is 5.40. The maximum absolute atomic E-state index is 12.4. The van der Waals surface area contributed by atoms with Crippen LogP contribution in [0.15, 0.2) is 0 Å². The highest BCUT2D eigenvalue weighted by atomic mass is 16.2. The highest BCUT2D eigenvalue weighted by Gasteiger charge is 2.23. The minimum Gasteiger partial charge on any atom is -0.353 e. The van der Waals surface area contributed by atoms with E-state index in [4.69, 9.17) is 0 Å². The van der Waals surface area contributed by atoms with Crippen molar-refractivity contribution in [2.45, 2.75) is 79.1 Å². The van der Waals surface area contributed by atoms with Gasteiger partial charge in [0.15, 0.2) is 0 Å². The van der Waals surface area contributed by atoms with Crippen LogP contribution >= 0.6 is 0 Å². The van der Waals surface area contributed by atoms with Gasteiger partial charge in [-0.2, -0.15) is 0 Å². The summed E-state index contributed by atoms with van der Waals surface area (Å²) in [6, 6.07) is 0. The van der Waals surface area contributed by atoms with Crippen molar-refractivity contribution in [1.29, 1.82) is 0 Å². The van der Waals surface area contributed by atoms with E-state index in [0.29, 0.717) is 12.3 Å². The Hall–Kier alpha value is -1.65. The first kappa shape index (κ1) is 20.7. The van der Waals surface area contributed by atoms with E-state index in [1.165, 1.54) is 38.5 Å². The van der Waals surface area contributed by atoms with Crippen LogP contribution in [0, 0.1) is 20.8 Å². The van der Waals surface area contributed by atoms with Gasteiger partial charge in [0.05, 0.1) is 0 Å². The Balaban J connectivity index is 1.72. The summed E-state index contributed by atoms with van der Waals surface area (Å²) in [6.07, 6.45) is 9.49. The predicted octanol–water partition coefficient (Wildman–Crippen LogP) is 4.19. The summed E-state index contributed by atoms with van der Waals surface area (Å²) in [5.41, 5.74) is 2.20. The molecular weight excluding hydrogens is 324 g/mol. The van der Waals surface area contributed by atoms with Gasteiger partial charge < -0.3 is 9.80 Å². The summed E-state index contributed by atoms with van der Waals surface area (Å²) in [4.78, 5) is 25.8. The third-order valence-electron chi connectivity index (χ3n) is 5.40. The summed E-state index contributed by atoms with van der Waals surface area (Å²) in [5, 5.41) is 0. The highest BCUT2D eigenvalue weighted by molar-refractivity contribution is 5.76. The Kier molecular flexibility index (Phi) is 8.33. The Bertz CT molecular complexity index is 580. The van der Waals surface area contributed by atoms with Gasteiger partial charge >= 0.3 is 0 Å². The molecule has 26 heavy (non-hydrogen) atoms. The smallest absolute Gasteiger partial charge is 0.222 e. The number of carbonyl (C=O) groups excluding carboxylic acids is 1. The molecule has 1 aliphatic heterocycles. The van der Waals surface area contributed by atoms with Crippen molar-refractivity contribution < 1.29 is 4.79 Å². The number of hydrogen-bond acceptors (Lipinski definition) is 4. The molecule has 1 fully saturated rings. The minimum absolute atomic E-state index is 0.324. The molecule has 0 spiro atoms. The van der Waals surface area contributed by atoms with Gasteiger partial charge in [0.2, 0.25) is 5.91 Å². The first-order valence-electron chi connectivity index (χ1n) is 10.4. The molecule has 1 aromatic heterocycles. The number of anilines is 1. The van der Waals surface area contributed by atoms with Crippen molar-refractivity contribution in [2.24, 2.45) is 0 Å². The molecule has 0 atom stereocenters. The van der Waals surface area contributed by atoms with Crippen molar-refractivity contribution >= 4 is 11.7 Å². The lowest BCUT2D eigenvalue weighted by molar-refractivity contribution is -0.131. The van der Waals surface area contributed by atoms with E-state index >= 15 is 0 Å². The van der Waals surface area contributed by atoms with Crippen LogP contribution in [0.3, 0.4) is 0 Å². The number of amides is 1. The molecule has 1 aromatic rings. The van der Waals surface area contributed by atoms with Gasteiger partial charge in [-0.3, -0.25) is 4.79 Å². The molecule has 0 N–H and O–H groups in total. The van der Waals surface area contributed by atoms with Gasteiger partial charge in [-0.05, 0) is 27.2 Å². The van der Waals surface area contributed by atoms with Gasteiger partial charge in [0.25, 0.3) is 0 Å². The summed E-state index contributed by atoms with van der Waals surface area (Å²) in [7, 11) is 0. The molecular formula is C21H36N4O. The number of nitrogens with zero attached hydrogens (tertiary/aromatic N) is 4. The summed E-state index contributed by atoms with van der Waals surface area (Å²) < 4.78 is 0. The van der Waals surface area contributed by atoms with E-state index in [1.807, 2.05) is 18.7 Å². The van der Waals surface area contributed by atoms with Gasteiger partial charge in [-0.25, -0.2) is 9.97 Å². The average molecular weight is 361 g/mol. The number of unbranched alkanes of at least 4 members (excludes halogenated alkanes) is 6. The summed E-state index contributed by atoms with van der Waals surface area (Å²) >= 11 is 0. The van der Waals surface area contributed by atoms with E-state index in [0.717, 1.165) is 55.5 Å². The van der Waals surface area contributed by atoms with Crippen LogP contribution in [0.4, 0.5) is 5.82 Å². The molecule has 1 saturated heterocycles. The molecule has 5 heteroatoms. The Morgan fingerprint density at radius 3 is 2.15 bits per heavy atom. The summed E-state index contributed by atoms with van der Waals surface area (Å²) in [6.45, 7) is 11.6. The van der Waals surface area contributed by atoms with Crippen LogP contribution in [0.2, 0.25) is 0 Å². The second-order valence-corrected chi connectivity index (χ2v) is 7.54. The molecule has 0 aromatic carbocycles. The van der Waals surface area contributed by atoms with E-state index in [9.17, 15) is 4.79 Å². The average Bonchev–Trinajstić information content (AvgIpc) is 2.64. The standard InChI is InChI=1S/C21H36N4O/c1-5-6-7-8-9-10-11-12-20(26)24-13-15-25(16-14-24)21-17(2)18(3)22-19(4)23-21/h5-16H2,1-4H3. The molecule has 0 saturated carbocycles. The maximum Gasteiger partial charge on any atom is 0.222 e. The zero-order valence-corrected chi connectivity index (χ0v) is 17.2. The van der Waals surface area contributed by atoms with Crippen molar-refractivity contribution in [3.05, 3.63) is 17.1 Å². The van der Waals surface area contributed by atoms with Crippen molar-refractivity contribution in [2.75, 3.05) is 31.1 Å². The topological polar surface area (TPSA) is 49.3 Å². The van der Waals surface area contributed by atoms with Gasteiger partial charge in [-0.1, -0.05) is 45.4 Å². The van der Waals surface area contributed by atoms with Crippen LogP contribution in [0.25, 0.3) is 0 Å². The Labute approximate surface area is 159 Å². The quantitative estimate of drug-likeness (QED) is 0.620. The molecule has 0 unspecified atom stereocenters. The Morgan fingerprint density at radius 2 is 1.50 bits per heavy atom. The SMILES string of the molecule is CCCCCCCCCC(=O)N1CCN(c2nc(C)nc(C)c2C)CC1. The van der Waals surface area contributed by atoms with Crippen LogP contribution < -0.4 is 4.90 Å². The zero-order valence-electron chi connectivity index (χ0n) is 17.2. The fourth-order valence-electron chi connectivity index (χ4n) is 3.62. The van der Waals surface area contributed by atoms with Crippen LogP contribution in [0.5, 0.6) is 0 Å². The van der Waals surface area contributed by atoms with Crippen LogP contribution in [-0.2, 0) is 4.79 Å². The second kappa shape index (κ2) is 10.5. The van der Waals surface area contributed by atoms with Crippen LogP contribution in [0.1, 0.15) is 75.4 Å². The minimum atomic E-state index is 0.324. The lowest BCUT2D eigenvalue weighted by atomic mass is 10.1. The fraction of sp³-hybridized carbons (Fsp3) is 0.762. The highest BCUT2D eigenvalue weighted by Crippen LogP contribution is 2.21. The zero-order chi connectivity index (χ0) is 18.9. The van der Waals surface area contributed by atoms with Gasteiger partial charge in [-0.15, -0.1) is 0 Å². The molecule has 1 amide bonds. The molecule has 0 radical (unpaired) electrons. The lowest BCUT2D eigenvalue weighted by Crippen LogP contribution is -2.49. The Morgan fingerprint density at radius 1 is 0.885 bits per heavy atom. The molecule has 146 valence electrons. The third kappa shape index (κ3) is 5.96. The van der Waals surface area contributed by atoms with Crippen molar-refractivity contribution in [3.63, 3.8) is 0 Å². The molecule has 5 nitrogen and oxygen atoms in total. The molecule has 2 heterocycles. The number of rotatable bonds is 9. The molecule has 0 aliphatic carbocycles. The molecule has 1 aliphatic rings.